The first-order chi connectivity index (χ1) is 7.93. The standard InChI is InChI=1S/C9H12N4O3S/c1-3-16-8-5-4-7-11-6(2)9(13(7)12-8)17(10,14)15/h4-5H,3H2,1-2H3,(H2,10,14,15). The van der Waals surface area contributed by atoms with Crippen LogP contribution in [-0.2, 0) is 10.0 Å². The van der Waals surface area contributed by atoms with E-state index < -0.39 is 10.0 Å². The molecule has 0 fully saturated rings. The number of imidazole rings is 1. The molecule has 2 heterocycles. The molecular formula is C9H12N4O3S. The summed E-state index contributed by atoms with van der Waals surface area (Å²) in [4.78, 5) is 4.07. The molecule has 0 bridgehead atoms. The number of primary sulfonamides is 1. The number of ether oxygens (including phenoxy) is 1. The van der Waals surface area contributed by atoms with Crippen molar-refractivity contribution in [3.05, 3.63) is 17.8 Å². The Hall–Kier alpha value is -1.67. The van der Waals surface area contributed by atoms with E-state index in [9.17, 15) is 8.42 Å². The monoisotopic (exact) mass is 256 g/mol. The summed E-state index contributed by atoms with van der Waals surface area (Å²) < 4.78 is 29.2. The van der Waals surface area contributed by atoms with E-state index in [4.69, 9.17) is 9.88 Å². The lowest BCUT2D eigenvalue weighted by Gasteiger charge is -2.03. The lowest BCUT2D eigenvalue weighted by atomic mass is 10.5. The highest BCUT2D eigenvalue weighted by Gasteiger charge is 2.20. The van der Waals surface area contributed by atoms with E-state index >= 15 is 0 Å². The maximum atomic E-state index is 11.4. The zero-order valence-corrected chi connectivity index (χ0v) is 10.2. The molecule has 7 nitrogen and oxygen atoms in total. The van der Waals surface area contributed by atoms with Crippen LogP contribution >= 0.6 is 0 Å². The molecule has 0 saturated carbocycles. The van der Waals surface area contributed by atoms with Gasteiger partial charge in [0.2, 0.25) is 5.88 Å². The molecule has 0 radical (unpaired) electrons. The molecule has 2 aromatic rings. The molecule has 0 aliphatic carbocycles. The number of aryl methyl sites for hydroxylation is 1. The van der Waals surface area contributed by atoms with E-state index in [2.05, 4.69) is 10.1 Å². The molecule has 0 aliphatic heterocycles. The second-order valence-corrected chi connectivity index (χ2v) is 4.90. The van der Waals surface area contributed by atoms with Crippen LogP contribution in [0.15, 0.2) is 17.2 Å². The summed E-state index contributed by atoms with van der Waals surface area (Å²) in [7, 11) is -3.87. The summed E-state index contributed by atoms with van der Waals surface area (Å²) in [6, 6.07) is 3.25. The van der Waals surface area contributed by atoms with Crippen molar-refractivity contribution in [2.45, 2.75) is 18.9 Å². The molecule has 0 aromatic carbocycles. The first-order valence-corrected chi connectivity index (χ1v) is 6.50. The third-order valence-electron chi connectivity index (χ3n) is 2.14. The first-order valence-electron chi connectivity index (χ1n) is 4.95. The zero-order valence-electron chi connectivity index (χ0n) is 9.41. The van der Waals surface area contributed by atoms with Gasteiger partial charge in [0.15, 0.2) is 10.7 Å². The summed E-state index contributed by atoms with van der Waals surface area (Å²) >= 11 is 0. The molecule has 0 atom stereocenters. The van der Waals surface area contributed by atoms with E-state index in [0.717, 1.165) is 0 Å². The Bertz CT molecular complexity index is 662. The van der Waals surface area contributed by atoms with Gasteiger partial charge in [0.05, 0.1) is 12.3 Å². The Kier molecular flexibility index (Phi) is 2.76. The minimum Gasteiger partial charge on any atom is -0.477 e. The first kappa shape index (κ1) is 11.8. The van der Waals surface area contributed by atoms with Gasteiger partial charge >= 0.3 is 0 Å². The molecule has 0 saturated heterocycles. The Balaban J connectivity index is 2.74. The third-order valence-corrected chi connectivity index (χ3v) is 3.14. The average molecular weight is 256 g/mol. The summed E-state index contributed by atoms with van der Waals surface area (Å²) in [5.41, 5.74) is 0.726. The van der Waals surface area contributed by atoms with Crippen LogP contribution in [0, 0.1) is 6.92 Å². The number of nitrogens with zero attached hydrogens (tertiary/aromatic N) is 3. The molecule has 8 heteroatoms. The molecule has 17 heavy (non-hydrogen) atoms. The van der Waals surface area contributed by atoms with Crippen LogP contribution in [0.3, 0.4) is 0 Å². The maximum absolute atomic E-state index is 11.4. The molecule has 92 valence electrons. The van der Waals surface area contributed by atoms with E-state index in [-0.39, 0.29) is 5.03 Å². The van der Waals surface area contributed by atoms with E-state index in [1.807, 2.05) is 6.92 Å². The van der Waals surface area contributed by atoms with Crippen LogP contribution < -0.4 is 9.88 Å². The van der Waals surface area contributed by atoms with Gasteiger partial charge in [-0.1, -0.05) is 0 Å². The fourth-order valence-corrected chi connectivity index (χ4v) is 2.39. The van der Waals surface area contributed by atoms with Crippen molar-refractivity contribution in [2.24, 2.45) is 5.14 Å². The lowest BCUT2D eigenvalue weighted by molar-refractivity contribution is 0.320. The van der Waals surface area contributed by atoms with E-state index in [1.165, 1.54) is 4.52 Å². The highest BCUT2D eigenvalue weighted by molar-refractivity contribution is 7.89. The van der Waals surface area contributed by atoms with Crippen LogP contribution in [0.5, 0.6) is 5.88 Å². The number of rotatable bonds is 3. The second-order valence-electron chi connectivity index (χ2n) is 3.42. The van der Waals surface area contributed by atoms with Crippen LogP contribution in [-0.4, -0.2) is 29.6 Å². The molecule has 0 spiro atoms. The Labute approximate surface area is 98.3 Å². The quantitative estimate of drug-likeness (QED) is 0.838. The van der Waals surface area contributed by atoms with Gasteiger partial charge in [-0.3, -0.25) is 0 Å². The van der Waals surface area contributed by atoms with Gasteiger partial charge in [0, 0.05) is 6.07 Å². The smallest absolute Gasteiger partial charge is 0.257 e. The number of hydrogen-bond donors (Lipinski definition) is 1. The van der Waals surface area contributed by atoms with Gasteiger partial charge in [-0.2, -0.15) is 4.52 Å². The molecule has 2 aromatic heterocycles. The number of nitrogens with two attached hydrogens (primary N) is 1. The van der Waals surface area contributed by atoms with E-state index in [1.54, 1.807) is 19.1 Å². The molecule has 0 aliphatic rings. The van der Waals surface area contributed by atoms with Crippen LogP contribution in [0.4, 0.5) is 0 Å². The summed E-state index contributed by atoms with van der Waals surface area (Å²) in [5, 5.41) is 9.03. The SMILES string of the molecule is CCOc1ccc2nc(C)c(S(N)(=O)=O)n2n1. The highest BCUT2D eigenvalue weighted by Crippen LogP contribution is 2.17. The van der Waals surface area contributed by atoms with Crippen molar-refractivity contribution in [3.63, 3.8) is 0 Å². The van der Waals surface area contributed by atoms with Gasteiger partial charge in [0.1, 0.15) is 0 Å². The van der Waals surface area contributed by atoms with Crippen molar-refractivity contribution < 1.29 is 13.2 Å². The van der Waals surface area contributed by atoms with Crippen molar-refractivity contribution in [3.8, 4) is 5.88 Å². The topological polar surface area (TPSA) is 99.6 Å². The Morgan fingerprint density at radius 2 is 2.18 bits per heavy atom. The van der Waals surface area contributed by atoms with E-state index in [0.29, 0.717) is 23.8 Å². The van der Waals surface area contributed by atoms with Crippen molar-refractivity contribution in [1.82, 2.24) is 14.6 Å². The molecular weight excluding hydrogens is 244 g/mol. The van der Waals surface area contributed by atoms with Crippen LogP contribution in [0.2, 0.25) is 0 Å². The predicted molar refractivity (Wildman–Crippen MR) is 60.3 cm³/mol. The number of fused-ring (bicyclic) bond motifs is 1. The minimum atomic E-state index is -3.87. The number of aromatic nitrogens is 3. The Morgan fingerprint density at radius 1 is 1.47 bits per heavy atom. The van der Waals surface area contributed by atoms with Gasteiger partial charge in [-0.25, -0.2) is 18.5 Å². The largest absolute Gasteiger partial charge is 0.477 e. The molecule has 2 N–H and O–H groups in total. The highest BCUT2D eigenvalue weighted by atomic mass is 32.2. The van der Waals surface area contributed by atoms with Gasteiger partial charge in [-0.05, 0) is 19.9 Å². The fraction of sp³-hybridized carbons (Fsp3) is 0.333. The summed E-state index contributed by atoms with van der Waals surface area (Å²) in [5.74, 6) is 0.322. The number of sulfonamides is 1. The van der Waals surface area contributed by atoms with Crippen molar-refractivity contribution in [1.29, 1.82) is 0 Å². The summed E-state index contributed by atoms with van der Waals surface area (Å²) in [6.07, 6.45) is 0. The minimum absolute atomic E-state index is 0.117. The molecule has 2 rings (SSSR count). The lowest BCUT2D eigenvalue weighted by Crippen LogP contribution is -2.17. The third kappa shape index (κ3) is 2.08. The second kappa shape index (κ2) is 3.97. The summed E-state index contributed by atoms with van der Waals surface area (Å²) in [6.45, 7) is 3.82. The van der Waals surface area contributed by atoms with Crippen molar-refractivity contribution >= 4 is 15.7 Å². The molecule has 0 unspecified atom stereocenters. The number of hydrogen-bond acceptors (Lipinski definition) is 5. The molecule has 0 amide bonds. The normalized spacial score (nSPS) is 11.9. The maximum Gasteiger partial charge on any atom is 0.257 e. The average Bonchev–Trinajstić information content (AvgIpc) is 2.53. The van der Waals surface area contributed by atoms with Gasteiger partial charge < -0.3 is 4.74 Å². The predicted octanol–water partition coefficient (Wildman–Crippen LogP) is 0.0838. The van der Waals surface area contributed by atoms with Gasteiger partial charge in [0.25, 0.3) is 10.0 Å². The van der Waals surface area contributed by atoms with Crippen LogP contribution in [0.1, 0.15) is 12.6 Å². The zero-order chi connectivity index (χ0) is 12.6. The fourth-order valence-electron chi connectivity index (χ4n) is 1.56. The van der Waals surface area contributed by atoms with Crippen molar-refractivity contribution in [2.75, 3.05) is 6.61 Å². The van der Waals surface area contributed by atoms with Crippen LogP contribution in [0.25, 0.3) is 5.65 Å². The Morgan fingerprint density at radius 3 is 2.76 bits per heavy atom. The van der Waals surface area contributed by atoms with Gasteiger partial charge in [-0.15, -0.1) is 5.10 Å².